The van der Waals surface area contributed by atoms with Gasteiger partial charge in [-0.05, 0) is 37.5 Å². The fourth-order valence-corrected chi connectivity index (χ4v) is 2.64. The van der Waals surface area contributed by atoms with E-state index >= 15 is 0 Å². The summed E-state index contributed by atoms with van der Waals surface area (Å²) in [6.07, 6.45) is -3.76. The summed E-state index contributed by atoms with van der Waals surface area (Å²) in [6.45, 7) is 1.89. The van der Waals surface area contributed by atoms with Crippen LogP contribution in [0, 0.1) is 12.8 Å². The average Bonchev–Trinajstić information content (AvgIpc) is 2.40. The Morgan fingerprint density at radius 2 is 2.10 bits per heavy atom. The monoisotopic (exact) mass is 303 g/mol. The van der Waals surface area contributed by atoms with Gasteiger partial charge in [0, 0.05) is 23.5 Å². The normalized spacial score (nSPS) is 20.1. The second kappa shape index (κ2) is 5.68. The number of likely N-dealkylation sites (tertiary alicyclic amines) is 1. The molecule has 1 aliphatic heterocycles. The lowest BCUT2D eigenvalue weighted by Gasteiger charge is -2.34. The maximum Gasteiger partial charge on any atom is 0.393 e. The van der Waals surface area contributed by atoms with Crippen LogP contribution in [0.15, 0.2) is 23.1 Å². The summed E-state index contributed by atoms with van der Waals surface area (Å²) in [7, 11) is 0. The van der Waals surface area contributed by atoms with E-state index < -0.39 is 12.1 Å². The minimum Gasteiger partial charge on any atom is -0.338 e. The molecule has 2 nitrogen and oxygen atoms in total. The van der Waals surface area contributed by atoms with Crippen LogP contribution in [-0.4, -0.2) is 30.1 Å². The average molecular weight is 303 g/mol. The standard InChI is InChI=1S/C14H16F3NOS/c1-9-4-5-11(20)7-12(9)13(19)18-6-2-3-10(8-18)14(15,16)17/h4-5,7,10,20H,2-3,6,8H2,1H3. The third-order valence-electron chi connectivity index (χ3n) is 3.62. The molecule has 0 saturated carbocycles. The minimum atomic E-state index is -4.24. The highest BCUT2D eigenvalue weighted by atomic mass is 32.1. The highest BCUT2D eigenvalue weighted by Crippen LogP contribution is 2.33. The second-order valence-electron chi connectivity index (χ2n) is 5.13. The Morgan fingerprint density at radius 1 is 1.40 bits per heavy atom. The van der Waals surface area contributed by atoms with Gasteiger partial charge in [-0.25, -0.2) is 0 Å². The summed E-state index contributed by atoms with van der Waals surface area (Å²) in [5.41, 5.74) is 1.18. The lowest BCUT2D eigenvalue weighted by atomic mass is 9.96. The van der Waals surface area contributed by atoms with Crippen molar-refractivity contribution in [2.24, 2.45) is 5.92 Å². The first kappa shape index (κ1) is 15.2. The zero-order valence-electron chi connectivity index (χ0n) is 11.1. The summed E-state index contributed by atoms with van der Waals surface area (Å²) in [6, 6.07) is 5.11. The molecule has 0 N–H and O–H groups in total. The van der Waals surface area contributed by atoms with E-state index in [1.54, 1.807) is 25.1 Å². The molecule has 0 aromatic heterocycles. The smallest absolute Gasteiger partial charge is 0.338 e. The molecule has 1 aromatic carbocycles. The molecule has 20 heavy (non-hydrogen) atoms. The molecule has 0 radical (unpaired) electrons. The van der Waals surface area contributed by atoms with Crippen LogP contribution in [0.1, 0.15) is 28.8 Å². The molecule has 1 atom stereocenters. The lowest BCUT2D eigenvalue weighted by molar-refractivity contribution is -0.184. The predicted molar refractivity (Wildman–Crippen MR) is 73.1 cm³/mol. The van der Waals surface area contributed by atoms with Crippen molar-refractivity contribution < 1.29 is 18.0 Å². The number of rotatable bonds is 1. The first-order valence-electron chi connectivity index (χ1n) is 6.44. The minimum absolute atomic E-state index is 0.0961. The van der Waals surface area contributed by atoms with Crippen molar-refractivity contribution in [3.05, 3.63) is 29.3 Å². The van der Waals surface area contributed by atoms with Gasteiger partial charge in [-0.15, -0.1) is 12.6 Å². The first-order valence-corrected chi connectivity index (χ1v) is 6.89. The third kappa shape index (κ3) is 3.29. The van der Waals surface area contributed by atoms with Gasteiger partial charge in [0.25, 0.3) is 5.91 Å². The van der Waals surface area contributed by atoms with Crippen LogP contribution in [0.2, 0.25) is 0 Å². The molecule has 0 spiro atoms. The summed E-state index contributed by atoms with van der Waals surface area (Å²) in [5.74, 6) is -1.76. The van der Waals surface area contributed by atoms with Crippen LogP contribution in [0.3, 0.4) is 0 Å². The van der Waals surface area contributed by atoms with E-state index in [0.717, 1.165) is 5.56 Å². The number of carbonyl (C=O) groups excluding carboxylic acids is 1. The second-order valence-corrected chi connectivity index (χ2v) is 5.65. The van der Waals surface area contributed by atoms with Gasteiger partial charge >= 0.3 is 6.18 Å². The summed E-state index contributed by atoms with van der Waals surface area (Å²) in [4.78, 5) is 14.3. The lowest BCUT2D eigenvalue weighted by Crippen LogP contribution is -2.44. The van der Waals surface area contributed by atoms with Gasteiger partial charge in [0.2, 0.25) is 0 Å². The number of amides is 1. The summed E-state index contributed by atoms with van der Waals surface area (Å²) in [5, 5.41) is 0. The number of benzene rings is 1. The number of hydrogen-bond donors (Lipinski definition) is 1. The number of hydrogen-bond acceptors (Lipinski definition) is 2. The Balaban J connectivity index is 2.18. The van der Waals surface area contributed by atoms with Gasteiger partial charge in [-0.1, -0.05) is 6.07 Å². The van der Waals surface area contributed by atoms with Crippen molar-refractivity contribution in [3.8, 4) is 0 Å². The van der Waals surface area contributed by atoms with Crippen LogP contribution in [0.25, 0.3) is 0 Å². The molecule has 2 rings (SSSR count). The zero-order chi connectivity index (χ0) is 14.9. The quantitative estimate of drug-likeness (QED) is 0.784. The molecule has 0 aliphatic carbocycles. The van der Waals surface area contributed by atoms with Crippen LogP contribution < -0.4 is 0 Å². The fraction of sp³-hybridized carbons (Fsp3) is 0.500. The number of aryl methyl sites for hydroxylation is 1. The molecule has 0 bridgehead atoms. The zero-order valence-corrected chi connectivity index (χ0v) is 12.0. The molecule has 1 heterocycles. The first-order chi connectivity index (χ1) is 9.29. The SMILES string of the molecule is Cc1ccc(S)cc1C(=O)N1CCCC(C(F)(F)F)C1. The van der Waals surface area contributed by atoms with E-state index in [9.17, 15) is 18.0 Å². The van der Waals surface area contributed by atoms with Crippen LogP contribution >= 0.6 is 12.6 Å². The molecule has 1 fully saturated rings. The molecule has 1 saturated heterocycles. The molecular formula is C14H16F3NOS. The number of carbonyl (C=O) groups is 1. The number of alkyl halides is 3. The Bertz CT molecular complexity index is 516. The summed E-state index contributed by atoms with van der Waals surface area (Å²) < 4.78 is 38.3. The fourth-order valence-electron chi connectivity index (χ4n) is 2.44. The van der Waals surface area contributed by atoms with E-state index in [1.807, 2.05) is 0 Å². The topological polar surface area (TPSA) is 20.3 Å². The molecule has 110 valence electrons. The van der Waals surface area contributed by atoms with Crippen LogP contribution in [-0.2, 0) is 0 Å². The third-order valence-corrected chi connectivity index (χ3v) is 3.90. The molecule has 1 aromatic rings. The number of nitrogens with zero attached hydrogens (tertiary/aromatic N) is 1. The maximum absolute atomic E-state index is 12.8. The van der Waals surface area contributed by atoms with Crippen molar-refractivity contribution in [2.75, 3.05) is 13.1 Å². The van der Waals surface area contributed by atoms with Gasteiger partial charge in [0.1, 0.15) is 0 Å². The van der Waals surface area contributed by atoms with Crippen LogP contribution in [0.5, 0.6) is 0 Å². The Hall–Kier alpha value is -1.17. The van der Waals surface area contributed by atoms with Gasteiger partial charge < -0.3 is 4.90 Å². The maximum atomic E-state index is 12.8. The largest absolute Gasteiger partial charge is 0.393 e. The van der Waals surface area contributed by atoms with Crippen molar-refractivity contribution in [1.29, 1.82) is 0 Å². The van der Waals surface area contributed by atoms with Crippen LogP contribution in [0.4, 0.5) is 13.2 Å². The van der Waals surface area contributed by atoms with E-state index in [2.05, 4.69) is 12.6 Å². The molecule has 1 amide bonds. The highest BCUT2D eigenvalue weighted by molar-refractivity contribution is 7.80. The van der Waals surface area contributed by atoms with Crippen molar-refractivity contribution >= 4 is 18.5 Å². The van der Waals surface area contributed by atoms with Gasteiger partial charge in [0.15, 0.2) is 0 Å². The van der Waals surface area contributed by atoms with E-state index in [-0.39, 0.29) is 18.9 Å². The number of thiol groups is 1. The van der Waals surface area contributed by atoms with Crippen molar-refractivity contribution in [3.63, 3.8) is 0 Å². The molecule has 1 unspecified atom stereocenters. The Kier molecular flexibility index (Phi) is 4.32. The van der Waals surface area contributed by atoms with Gasteiger partial charge in [-0.2, -0.15) is 13.2 Å². The Labute approximate surface area is 121 Å². The van der Waals surface area contributed by atoms with Crippen molar-refractivity contribution in [2.45, 2.75) is 30.8 Å². The van der Waals surface area contributed by atoms with E-state index in [4.69, 9.17) is 0 Å². The predicted octanol–water partition coefficient (Wildman–Crippen LogP) is 3.70. The van der Waals surface area contributed by atoms with Gasteiger partial charge in [0.05, 0.1) is 5.92 Å². The van der Waals surface area contributed by atoms with Crippen molar-refractivity contribution in [1.82, 2.24) is 4.90 Å². The Morgan fingerprint density at radius 3 is 2.75 bits per heavy atom. The summed E-state index contributed by atoms with van der Waals surface area (Å²) >= 11 is 4.17. The number of piperidine rings is 1. The molecular weight excluding hydrogens is 287 g/mol. The molecule has 6 heteroatoms. The van der Waals surface area contributed by atoms with E-state index in [0.29, 0.717) is 23.4 Å². The highest BCUT2D eigenvalue weighted by Gasteiger charge is 2.42. The van der Waals surface area contributed by atoms with E-state index in [1.165, 1.54) is 4.90 Å². The number of halogens is 3. The van der Waals surface area contributed by atoms with Gasteiger partial charge in [-0.3, -0.25) is 4.79 Å². The molecule has 1 aliphatic rings.